The van der Waals surface area contributed by atoms with Crippen LogP contribution in [0.4, 0.5) is 4.79 Å². The molecule has 0 unspecified atom stereocenters. The third kappa shape index (κ3) is 4.36. The number of likely N-dealkylation sites (tertiary alicyclic amines) is 1. The fourth-order valence-electron chi connectivity index (χ4n) is 3.61. The Balaban J connectivity index is 1.24. The molecule has 3 heterocycles. The summed E-state index contributed by atoms with van der Waals surface area (Å²) in [7, 11) is 1.60. The molecule has 0 bridgehead atoms. The van der Waals surface area contributed by atoms with E-state index in [0.717, 1.165) is 43.2 Å². The van der Waals surface area contributed by atoms with Crippen LogP contribution in [-0.2, 0) is 11.3 Å². The Kier molecular flexibility index (Phi) is 5.63. The van der Waals surface area contributed by atoms with Crippen LogP contribution < -0.4 is 9.47 Å². The van der Waals surface area contributed by atoms with Gasteiger partial charge in [0.2, 0.25) is 0 Å². The highest BCUT2D eigenvalue weighted by Gasteiger charge is 2.46. The van der Waals surface area contributed by atoms with Crippen molar-refractivity contribution in [2.75, 3.05) is 39.9 Å². The third-order valence-corrected chi connectivity index (χ3v) is 6.03. The Morgan fingerprint density at radius 3 is 2.71 bits per heavy atom. The molecule has 0 aliphatic carbocycles. The number of aromatic nitrogens is 2. The lowest BCUT2D eigenvalue weighted by molar-refractivity contribution is -0.00130. The second-order valence-electron chi connectivity index (χ2n) is 7.08. The van der Waals surface area contributed by atoms with Gasteiger partial charge in [-0.1, -0.05) is 29.5 Å². The quantitative estimate of drug-likeness (QED) is 0.701. The molecular weight excluding hydrogens is 380 g/mol. The minimum absolute atomic E-state index is 0.237. The molecule has 9 heteroatoms. The number of carbonyl (C=O) groups excluding carboxylic acids is 1. The summed E-state index contributed by atoms with van der Waals surface area (Å²) in [6.45, 7) is 4.10. The van der Waals surface area contributed by atoms with Gasteiger partial charge >= 0.3 is 6.09 Å². The first kappa shape index (κ1) is 18.9. The minimum Gasteiger partial charge on any atom is -0.492 e. The van der Waals surface area contributed by atoms with Crippen LogP contribution in [0.15, 0.2) is 30.3 Å². The van der Waals surface area contributed by atoms with E-state index in [4.69, 9.17) is 14.2 Å². The second-order valence-corrected chi connectivity index (χ2v) is 8.10. The molecule has 1 amide bonds. The van der Waals surface area contributed by atoms with E-state index in [-0.39, 0.29) is 11.7 Å². The molecule has 1 aromatic carbocycles. The minimum atomic E-state index is -0.376. The Bertz CT molecular complexity index is 792. The van der Waals surface area contributed by atoms with Crippen LogP contribution in [0.25, 0.3) is 0 Å². The lowest BCUT2D eigenvalue weighted by Crippen LogP contribution is -2.46. The number of carbonyl (C=O) groups is 1. The number of hydrogen-bond acceptors (Lipinski definition) is 8. The second kappa shape index (κ2) is 8.32. The first-order chi connectivity index (χ1) is 13.7. The smallest absolute Gasteiger partial charge is 0.410 e. The van der Waals surface area contributed by atoms with Crippen molar-refractivity contribution >= 4 is 17.4 Å². The number of benzene rings is 1. The molecule has 0 N–H and O–H groups in total. The van der Waals surface area contributed by atoms with Crippen molar-refractivity contribution in [3.05, 3.63) is 35.3 Å². The van der Waals surface area contributed by atoms with Crippen LogP contribution >= 0.6 is 11.3 Å². The molecule has 1 aromatic heterocycles. The van der Waals surface area contributed by atoms with E-state index in [0.29, 0.717) is 24.9 Å². The average molecular weight is 404 g/mol. The number of para-hydroxylation sites is 1. The van der Waals surface area contributed by atoms with Gasteiger partial charge in [-0.3, -0.25) is 4.90 Å². The molecule has 0 saturated carbocycles. The van der Waals surface area contributed by atoms with Gasteiger partial charge < -0.3 is 19.1 Å². The first-order valence-electron chi connectivity index (χ1n) is 9.40. The van der Waals surface area contributed by atoms with Crippen LogP contribution in [0.1, 0.15) is 17.8 Å². The molecule has 2 aromatic rings. The Labute approximate surface area is 168 Å². The van der Waals surface area contributed by atoms with Gasteiger partial charge in [0.05, 0.1) is 26.7 Å². The van der Waals surface area contributed by atoms with E-state index >= 15 is 0 Å². The number of methoxy groups -OCH3 is 1. The van der Waals surface area contributed by atoms with Crippen molar-refractivity contribution in [2.45, 2.75) is 25.0 Å². The molecule has 28 heavy (non-hydrogen) atoms. The van der Waals surface area contributed by atoms with Gasteiger partial charge in [0.15, 0.2) is 0 Å². The van der Waals surface area contributed by atoms with Gasteiger partial charge in [0, 0.05) is 25.9 Å². The lowest BCUT2D eigenvalue weighted by Gasteiger charge is -2.36. The van der Waals surface area contributed by atoms with Crippen LogP contribution in [0.3, 0.4) is 0 Å². The zero-order valence-electron chi connectivity index (χ0n) is 15.9. The fourth-order valence-corrected chi connectivity index (χ4v) is 4.31. The highest BCUT2D eigenvalue weighted by Crippen LogP contribution is 2.34. The molecule has 2 aliphatic rings. The molecule has 1 spiro atoms. The van der Waals surface area contributed by atoms with Crippen LogP contribution in [-0.4, -0.2) is 71.6 Å². The third-order valence-electron chi connectivity index (χ3n) is 5.16. The van der Waals surface area contributed by atoms with Crippen LogP contribution in [0.2, 0.25) is 0 Å². The predicted molar refractivity (Wildman–Crippen MR) is 104 cm³/mol. The van der Waals surface area contributed by atoms with Crippen molar-refractivity contribution in [1.29, 1.82) is 0 Å². The van der Waals surface area contributed by atoms with E-state index in [1.165, 1.54) is 11.3 Å². The largest absolute Gasteiger partial charge is 0.492 e. The van der Waals surface area contributed by atoms with E-state index in [1.807, 2.05) is 30.3 Å². The molecular formula is C19H24N4O4S. The maximum absolute atomic E-state index is 12.3. The lowest BCUT2D eigenvalue weighted by atomic mass is 9.91. The van der Waals surface area contributed by atoms with E-state index in [1.54, 1.807) is 12.0 Å². The predicted octanol–water partition coefficient (Wildman–Crippen LogP) is 2.41. The molecule has 2 fully saturated rings. The number of nitrogens with zero attached hydrogens (tertiary/aromatic N) is 4. The highest BCUT2D eigenvalue weighted by molar-refractivity contribution is 7.13. The summed E-state index contributed by atoms with van der Waals surface area (Å²) in [5, 5.41) is 9.65. The summed E-state index contributed by atoms with van der Waals surface area (Å²) >= 11 is 1.46. The first-order valence-corrected chi connectivity index (χ1v) is 10.2. The average Bonchev–Trinajstić information content (AvgIpc) is 3.29. The van der Waals surface area contributed by atoms with Crippen molar-refractivity contribution in [3.8, 4) is 10.9 Å². The van der Waals surface area contributed by atoms with Gasteiger partial charge in [-0.05, 0) is 12.1 Å². The SMILES string of the molecule is COc1nnc(CN2CCC3(CC2)CN(CCOc2ccccc2)C(=O)O3)s1. The van der Waals surface area contributed by atoms with Gasteiger partial charge in [-0.15, -0.1) is 10.2 Å². The summed E-state index contributed by atoms with van der Waals surface area (Å²) < 4.78 is 16.6. The standard InChI is InChI=1S/C19H24N4O4S/c1-25-17-21-20-16(28-17)13-22-9-7-19(8-10-22)14-23(18(24)27-19)11-12-26-15-5-3-2-4-6-15/h2-6H,7-14H2,1H3. The summed E-state index contributed by atoms with van der Waals surface area (Å²) in [6, 6.07) is 9.63. The molecule has 2 saturated heterocycles. The number of ether oxygens (including phenoxy) is 3. The molecule has 8 nitrogen and oxygen atoms in total. The van der Waals surface area contributed by atoms with Crippen molar-refractivity contribution < 1.29 is 19.0 Å². The fraction of sp³-hybridized carbons (Fsp3) is 0.526. The van der Waals surface area contributed by atoms with Crippen LogP contribution in [0, 0.1) is 0 Å². The molecule has 2 aliphatic heterocycles. The maximum Gasteiger partial charge on any atom is 0.410 e. The number of amides is 1. The van der Waals surface area contributed by atoms with Gasteiger partial charge in [0.1, 0.15) is 23.0 Å². The molecule has 0 radical (unpaired) electrons. The summed E-state index contributed by atoms with van der Waals surface area (Å²) in [4.78, 5) is 16.4. The van der Waals surface area contributed by atoms with Gasteiger partial charge in [-0.2, -0.15) is 0 Å². The van der Waals surface area contributed by atoms with E-state index < -0.39 is 0 Å². The normalized spacial score (nSPS) is 19.0. The maximum atomic E-state index is 12.3. The molecule has 0 atom stereocenters. The zero-order chi connectivity index (χ0) is 19.4. The number of rotatable bonds is 7. The summed E-state index contributed by atoms with van der Waals surface area (Å²) in [5.41, 5.74) is -0.376. The van der Waals surface area contributed by atoms with Crippen molar-refractivity contribution in [2.24, 2.45) is 0 Å². The zero-order valence-corrected chi connectivity index (χ0v) is 16.7. The monoisotopic (exact) mass is 404 g/mol. The summed E-state index contributed by atoms with van der Waals surface area (Å²) in [6.07, 6.45) is 1.41. The summed E-state index contributed by atoms with van der Waals surface area (Å²) in [5.74, 6) is 0.811. The number of hydrogen-bond donors (Lipinski definition) is 0. The molecule has 4 rings (SSSR count). The van der Waals surface area contributed by atoms with Gasteiger partial charge in [0.25, 0.3) is 5.19 Å². The topological polar surface area (TPSA) is 77.0 Å². The van der Waals surface area contributed by atoms with Crippen molar-refractivity contribution in [3.63, 3.8) is 0 Å². The van der Waals surface area contributed by atoms with Crippen molar-refractivity contribution in [1.82, 2.24) is 20.0 Å². The Hall–Kier alpha value is -2.39. The molecule has 150 valence electrons. The van der Waals surface area contributed by atoms with Crippen LogP contribution in [0.5, 0.6) is 10.9 Å². The Morgan fingerprint density at radius 1 is 1.21 bits per heavy atom. The number of piperidine rings is 1. The highest BCUT2D eigenvalue weighted by atomic mass is 32.1. The van der Waals surface area contributed by atoms with E-state index in [9.17, 15) is 4.79 Å². The Morgan fingerprint density at radius 2 is 2.00 bits per heavy atom. The van der Waals surface area contributed by atoms with E-state index in [2.05, 4.69) is 15.1 Å². The van der Waals surface area contributed by atoms with Gasteiger partial charge in [-0.25, -0.2) is 4.79 Å².